The van der Waals surface area contributed by atoms with E-state index >= 15 is 0 Å². The van der Waals surface area contributed by atoms with E-state index in [1.807, 2.05) is 38.1 Å². The van der Waals surface area contributed by atoms with Gasteiger partial charge in [0.25, 0.3) is 11.5 Å². The van der Waals surface area contributed by atoms with Crippen LogP contribution in [-0.2, 0) is 27.2 Å². The summed E-state index contributed by atoms with van der Waals surface area (Å²) in [4.78, 5) is 38.6. The Morgan fingerprint density at radius 2 is 1.97 bits per heavy atom. The highest BCUT2D eigenvalue weighted by atomic mass is 16.5. The number of aryl methyl sites for hydroxylation is 3. The van der Waals surface area contributed by atoms with E-state index < -0.39 is 17.4 Å². The molecule has 0 aliphatic rings. The van der Waals surface area contributed by atoms with Crippen molar-refractivity contribution in [2.75, 3.05) is 11.9 Å². The molecule has 1 amide bonds. The van der Waals surface area contributed by atoms with Crippen LogP contribution in [0.15, 0.2) is 23.0 Å². The number of esters is 1. The number of nitrogens with zero attached hydrogens (tertiary/aromatic N) is 1. The van der Waals surface area contributed by atoms with E-state index in [0.717, 1.165) is 28.8 Å². The SMILES string of the molecule is CCc1cccc(C)c1NC(=O)COC(=O)CCc1c(C)[nH]c(=O)c(C#N)c1C. The molecule has 0 bridgehead atoms. The fourth-order valence-electron chi connectivity index (χ4n) is 3.24. The van der Waals surface area contributed by atoms with Crippen molar-refractivity contribution < 1.29 is 14.3 Å². The highest BCUT2D eigenvalue weighted by Crippen LogP contribution is 2.21. The van der Waals surface area contributed by atoms with Crippen LogP contribution in [0, 0.1) is 32.1 Å². The molecule has 0 aliphatic heterocycles. The van der Waals surface area contributed by atoms with Gasteiger partial charge in [-0.1, -0.05) is 25.1 Å². The zero-order chi connectivity index (χ0) is 21.6. The number of ether oxygens (including phenoxy) is 1. The Kier molecular flexibility index (Phi) is 7.32. The smallest absolute Gasteiger partial charge is 0.306 e. The lowest BCUT2D eigenvalue weighted by molar-refractivity contribution is -0.147. The van der Waals surface area contributed by atoms with E-state index in [2.05, 4.69) is 10.3 Å². The second-order valence-electron chi connectivity index (χ2n) is 6.84. The van der Waals surface area contributed by atoms with Crippen LogP contribution in [0.4, 0.5) is 5.69 Å². The first-order valence-electron chi connectivity index (χ1n) is 9.44. The Morgan fingerprint density at radius 3 is 2.62 bits per heavy atom. The van der Waals surface area contributed by atoms with E-state index in [9.17, 15) is 14.4 Å². The van der Waals surface area contributed by atoms with E-state index in [0.29, 0.717) is 17.7 Å². The molecule has 2 aromatic rings. The zero-order valence-electron chi connectivity index (χ0n) is 17.1. The topological polar surface area (TPSA) is 112 Å². The predicted molar refractivity (Wildman–Crippen MR) is 110 cm³/mol. The Hall–Kier alpha value is -3.40. The third-order valence-electron chi connectivity index (χ3n) is 4.87. The average molecular weight is 395 g/mol. The molecule has 0 atom stereocenters. The zero-order valence-corrected chi connectivity index (χ0v) is 17.1. The van der Waals surface area contributed by atoms with Crippen molar-refractivity contribution in [3.8, 4) is 6.07 Å². The summed E-state index contributed by atoms with van der Waals surface area (Å²) >= 11 is 0. The van der Waals surface area contributed by atoms with Gasteiger partial charge in [-0.15, -0.1) is 0 Å². The number of H-pyrrole nitrogens is 1. The van der Waals surface area contributed by atoms with Crippen molar-refractivity contribution >= 4 is 17.6 Å². The van der Waals surface area contributed by atoms with E-state index in [4.69, 9.17) is 10.00 Å². The largest absolute Gasteiger partial charge is 0.456 e. The van der Waals surface area contributed by atoms with Crippen molar-refractivity contribution in [1.82, 2.24) is 4.98 Å². The van der Waals surface area contributed by atoms with Gasteiger partial charge < -0.3 is 15.0 Å². The van der Waals surface area contributed by atoms with Crippen molar-refractivity contribution in [1.29, 1.82) is 5.26 Å². The standard InChI is InChI=1S/C22H25N3O4/c1-5-16-8-6-7-13(2)21(16)25-19(26)12-29-20(27)10-9-17-14(3)18(11-23)22(28)24-15(17)4/h6-8H,5,9-10,12H2,1-4H3,(H,24,28)(H,25,26). The number of carbonyl (C=O) groups is 2. The molecule has 0 radical (unpaired) electrons. The molecule has 29 heavy (non-hydrogen) atoms. The summed E-state index contributed by atoms with van der Waals surface area (Å²) in [5.41, 5.74) is 4.23. The molecule has 0 saturated carbocycles. The molecule has 1 aromatic heterocycles. The number of nitrogens with one attached hydrogen (secondary N) is 2. The van der Waals surface area contributed by atoms with Crippen LogP contribution in [-0.4, -0.2) is 23.5 Å². The molecule has 7 heteroatoms. The van der Waals surface area contributed by atoms with Gasteiger partial charge in [0.2, 0.25) is 0 Å². The Balaban J connectivity index is 1.94. The minimum absolute atomic E-state index is 0.0381. The molecule has 2 rings (SSSR count). The Morgan fingerprint density at radius 1 is 1.24 bits per heavy atom. The summed E-state index contributed by atoms with van der Waals surface area (Å²) in [6.07, 6.45) is 1.12. The minimum atomic E-state index is -0.524. The highest BCUT2D eigenvalue weighted by molar-refractivity contribution is 5.94. The van der Waals surface area contributed by atoms with Crippen LogP contribution in [0.2, 0.25) is 0 Å². The number of carbonyl (C=O) groups excluding carboxylic acids is 2. The number of aromatic amines is 1. The molecule has 0 aliphatic carbocycles. The molecule has 1 heterocycles. The number of anilines is 1. The maximum absolute atomic E-state index is 12.2. The van der Waals surface area contributed by atoms with Gasteiger partial charge in [-0.05, 0) is 55.9 Å². The number of pyridine rings is 1. The molecule has 2 N–H and O–H groups in total. The van der Waals surface area contributed by atoms with Crippen LogP contribution in [0.1, 0.15) is 46.9 Å². The number of benzene rings is 1. The molecule has 0 unspecified atom stereocenters. The molecule has 152 valence electrons. The first-order chi connectivity index (χ1) is 13.8. The second-order valence-corrected chi connectivity index (χ2v) is 6.84. The van der Waals surface area contributed by atoms with Gasteiger partial charge in [0.1, 0.15) is 11.6 Å². The third kappa shape index (κ3) is 5.32. The quantitative estimate of drug-likeness (QED) is 0.700. The summed E-state index contributed by atoms with van der Waals surface area (Å²) in [7, 11) is 0. The molecular formula is C22H25N3O4. The van der Waals surface area contributed by atoms with Gasteiger partial charge in [-0.25, -0.2) is 0 Å². The lowest BCUT2D eigenvalue weighted by Crippen LogP contribution is -2.22. The van der Waals surface area contributed by atoms with E-state index in [1.165, 1.54) is 0 Å². The lowest BCUT2D eigenvalue weighted by atomic mass is 9.99. The fourth-order valence-corrected chi connectivity index (χ4v) is 3.24. The van der Waals surface area contributed by atoms with Gasteiger partial charge >= 0.3 is 5.97 Å². The lowest BCUT2D eigenvalue weighted by Gasteiger charge is -2.13. The number of hydrogen-bond donors (Lipinski definition) is 2. The monoisotopic (exact) mass is 395 g/mol. The van der Waals surface area contributed by atoms with Crippen molar-refractivity contribution in [3.05, 3.63) is 62.1 Å². The summed E-state index contributed by atoms with van der Waals surface area (Å²) in [6.45, 7) is 6.94. The van der Waals surface area contributed by atoms with Gasteiger partial charge in [0.15, 0.2) is 6.61 Å². The second kappa shape index (κ2) is 9.69. The van der Waals surface area contributed by atoms with Gasteiger partial charge in [-0.3, -0.25) is 14.4 Å². The van der Waals surface area contributed by atoms with Crippen molar-refractivity contribution in [3.63, 3.8) is 0 Å². The third-order valence-corrected chi connectivity index (χ3v) is 4.87. The molecule has 1 aromatic carbocycles. The number of amides is 1. The maximum Gasteiger partial charge on any atom is 0.306 e. The Labute approximate surface area is 169 Å². The van der Waals surface area contributed by atoms with Crippen LogP contribution in [0.25, 0.3) is 0 Å². The Bertz CT molecular complexity index is 1030. The molecule has 0 spiro atoms. The normalized spacial score (nSPS) is 10.3. The number of para-hydroxylation sites is 1. The summed E-state index contributed by atoms with van der Waals surface area (Å²) < 4.78 is 5.08. The first kappa shape index (κ1) is 21.9. The number of hydrogen-bond acceptors (Lipinski definition) is 5. The first-order valence-corrected chi connectivity index (χ1v) is 9.44. The molecule has 0 saturated heterocycles. The minimum Gasteiger partial charge on any atom is -0.456 e. The average Bonchev–Trinajstić information content (AvgIpc) is 2.67. The van der Waals surface area contributed by atoms with Gasteiger partial charge in [0, 0.05) is 17.8 Å². The van der Waals surface area contributed by atoms with Crippen LogP contribution >= 0.6 is 0 Å². The molecule has 7 nitrogen and oxygen atoms in total. The van der Waals surface area contributed by atoms with E-state index in [-0.39, 0.29) is 18.6 Å². The molecular weight excluding hydrogens is 370 g/mol. The number of aromatic nitrogens is 1. The van der Waals surface area contributed by atoms with Crippen LogP contribution < -0.4 is 10.9 Å². The number of rotatable bonds is 7. The summed E-state index contributed by atoms with van der Waals surface area (Å²) in [5, 5.41) is 11.9. The van der Waals surface area contributed by atoms with E-state index in [1.54, 1.807) is 13.8 Å². The predicted octanol–water partition coefficient (Wildman–Crippen LogP) is 2.85. The molecule has 0 fully saturated rings. The highest BCUT2D eigenvalue weighted by Gasteiger charge is 2.15. The maximum atomic E-state index is 12.2. The summed E-state index contributed by atoms with van der Waals surface area (Å²) in [5.74, 6) is -0.922. The van der Waals surface area contributed by atoms with Crippen LogP contribution in [0.5, 0.6) is 0 Å². The van der Waals surface area contributed by atoms with Gasteiger partial charge in [0.05, 0.1) is 0 Å². The summed E-state index contributed by atoms with van der Waals surface area (Å²) in [6, 6.07) is 7.67. The fraction of sp³-hybridized carbons (Fsp3) is 0.364. The van der Waals surface area contributed by atoms with Crippen LogP contribution in [0.3, 0.4) is 0 Å². The van der Waals surface area contributed by atoms with Crippen molar-refractivity contribution in [2.45, 2.75) is 47.0 Å². The van der Waals surface area contributed by atoms with Crippen molar-refractivity contribution in [2.24, 2.45) is 0 Å². The number of nitriles is 1. The van der Waals surface area contributed by atoms with Gasteiger partial charge in [-0.2, -0.15) is 5.26 Å².